The number of rotatable bonds is 11. The molecule has 0 saturated heterocycles. The molecule has 0 fully saturated rings. The quantitative estimate of drug-likeness (QED) is 0.240. The van der Waals surface area contributed by atoms with Crippen molar-refractivity contribution in [3.63, 3.8) is 0 Å². The van der Waals surface area contributed by atoms with E-state index >= 15 is 0 Å². The maximum Gasteiger partial charge on any atom is 0.140 e. The van der Waals surface area contributed by atoms with E-state index in [1.165, 1.54) is 39.9 Å². The van der Waals surface area contributed by atoms with Crippen LogP contribution in [0.15, 0.2) is 85.1 Å². The molecule has 1 heterocycles. The zero-order chi connectivity index (χ0) is 23.8. The zero-order valence-electron chi connectivity index (χ0n) is 20.9. The average molecular weight is 452 g/mol. The molecule has 3 aromatic carbocycles. The molecule has 0 N–H and O–H groups in total. The van der Waals surface area contributed by atoms with Gasteiger partial charge in [-0.3, -0.25) is 4.90 Å². The molecule has 0 aliphatic rings. The smallest absolute Gasteiger partial charge is 0.140 e. The molecule has 0 spiro atoms. The van der Waals surface area contributed by atoms with Gasteiger partial charge in [0, 0.05) is 31.7 Å². The minimum atomic E-state index is 0.893. The van der Waals surface area contributed by atoms with E-state index in [1.807, 2.05) is 0 Å². The van der Waals surface area contributed by atoms with Crippen LogP contribution in [0.1, 0.15) is 47.7 Å². The Morgan fingerprint density at radius 2 is 1.59 bits per heavy atom. The number of aryl methyl sites for hydroxylation is 2. The highest BCUT2D eigenvalue weighted by Crippen LogP contribution is 2.23. The second kappa shape index (κ2) is 11.8. The molecule has 0 saturated carbocycles. The Morgan fingerprint density at radius 1 is 0.853 bits per heavy atom. The first-order chi connectivity index (χ1) is 16.6. The maximum absolute atomic E-state index is 4.89. The van der Waals surface area contributed by atoms with Crippen molar-refractivity contribution in [2.75, 3.05) is 6.54 Å². The summed E-state index contributed by atoms with van der Waals surface area (Å²) >= 11 is 0. The van der Waals surface area contributed by atoms with Crippen LogP contribution in [0.4, 0.5) is 0 Å². The van der Waals surface area contributed by atoms with Crippen molar-refractivity contribution in [3.05, 3.63) is 113 Å². The van der Waals surface area contributed by atoms with E-state index in [-0.39, 0.29) is 0 Å². The van der Waals surface area contributed by atoms with E-state index < -0.39 is 0 Å². The van der Waals surface area contributed by atoms with Crippen LogP contribution in [0, 0.1) is 13.8 Å². The molecule has 0 aliphatic carbocycles. The summed E-state index contributed by atoms with van der Waals surface area (Å²) in [5, 5.41) is 0. The Labute approximate surface area is 205 Å². The fourth-order valence-corrected chi connectivity index (χ4v) is 4.51. The van der Waals surface area contributed by atoms with Gasteiger partial charge in [-0.1, -0.05) is 97.8 Å². The van der Waals surface area contributed by atoms with Crippen LogP contribution in [0.3, 0.4) is 0 Å². The molecule has 0 unspecified atom stereocenters. The normalized spacial score (nSPS) is 11.3. The topological polar surface area (TPSA) is 21.1 Å². The number of nitrogens with zero attached hydrogens (tertiary/aromatic N) is 3. The van der Waals surface area contributed by atoms with Crippen LogP contribution in [0.5, 0.6) is 0 Å². The van der Waals surface area contributed by atoms with Gasteiger partial charge < -0.3 is 4.57 Å². The summed E-state index contributed by atoms with van der Waals surface area (Å²) in [6, 6.07) is 28.2. The average Bonchev–Trinajstić information content (AvgIpc) is 3.26. The second-order valence-electron chi connectivity index (χ2n) is 9.32. The summed E-state index contributed by atoms with van der Waals surface area (Å²) in [4.78, 5) is 7.47. The van der Waals surface area contributed by atoms with E-state index in [4.69, 9.17) is 4.98 Å². The van der Waals surface area contributed by atoms with Crippen molar-refractivity contribution >= 4 is 0 Å². The molecule has 0 amide bonds. The summed E-state index contributed by atoms with van der Waals surface area (Å²) < 4.78 is 2.44. The third-order valence-electron chi connectivity index (χ3n) is 6.55. The Bertz CT molecular complexity index is 1160. The molecule has 0 atom stereocenters. The summed E-state index contributed by atoms with van der Waals surface area (Å²) in [6.07, 6.45) is 5.47. The number of unbranched alkanes of at least 4 members (excludes halogenated alkanes) is 1. The Hall–Kier alpha value is -3.17. The zero-order valence-corrected chi connectivity index (χ0v) is 20.9. The predicted molar refractivity (Wildman–Crippen MR) is 143 cm³/mol. The molecular formula is C31H37N3. The molecule has 4 rings (SSSR count). The van der Waals surface area contributed by atoms with Crippen molar-refractivity contribution < 1.29 is 0 Å². The standard InChI is InChI=1S/C31H37N3/c1-4-5-19-34-30(22-32-31(34)28-14-10-7-11-15-28)24-33(20-18-27-12-8-6-9-13-27)23-29-21-25(2)16-17-26(29)3/h6-17,21-22H,4-5,18-20,23-24H2,1-3H3. The van der Waals surface area contributed by atoms with Gasteiger partial charge in [-0.2, -0.15) is 0 Å². The lowest BCUT2D eigenvalue weighted by Gasteiger charge is -2.25. The lowest BCUT2D eigenvalue weighted by Crippen LogP contribution is -2.27. The minimum Gasteiger partial charge on any atom is -0.327 e. The van der Waals surface area contributed by atoms with Crippen LogP contribution < -0.4 is 0 Å². The molecule has 3 nitrogen and oxygen atoms in total. The first kappa shape index (κ1) is 24.0. The van der Waals surface area contributed by atoms with Crippen LogP contribution in [0.25, 0.3) is 11.4 Å². The number of imidazole rings is 1. The molecule has 0 bridgehead atoms. The highest BCUT2D eigenvalue weighted by Gasteiger charge is 2.16. The summed E-state index contributed by atoms with van der Waals surface area (Å²) in [5.74, 6) is 1.08. The monoisotopic (exact) mass is 451 g/mol. The van der Waals surface area contributed by atoms with Crippen molar-refractivity contribution in [2.45, 2.75) is 59.7 Å². The van der Waals surface area contributed by atoms with E-state index in [9.17, 15) is 0 Å². The third kappa shape index (κ3) is 6.24. The van der Waals surface area contributed by atoms with Crippen LogP contribution in [-0.2, 0) is 26.1 Å². The van der Waals surface area contributed by atoms with Gasteiger partial charge in [-0.25, -0.2) is 4.98 Å². The highest BCUT2D eigenvalue weighted by molar-refractivity contribution is 5.55. The first-order valence-electron chi connectivity index (χ1n) is 12.6. The van der Waals surface area contributed by atoms with Crippen molar-refractivity contribution in [2.24, 2.45) is 0 Å². The lowest BCUT2D eigenvalue weighted by atomic mass is 10.0. The second-order valence-corrected chi connectivity index (χ2v) is 9.32. The van der Waals surface area contributed by atoms with Crippen LogP contribution in [0.2, 0.25) is 0 Å². The first-order valence-corrected chi connectivity index (χ1v) is 12.6. The van der Waals surface area contributed by atoms with Crippen LogP contribution in [-0.4, -0.2) is 21.0 Å². The number of hydrogen-bond donors (Lipinski definition) is 0. The molecule has 4 aromatic rings. The largest absolute Gasteiger partial charge is 0.327 e. The molecule has 1 aromatic heterocycles. The fourth-order valence-electron chi connectivity index (χ4n) is 4.51. The molecular weight excluding hydrogens is 414 g/mol. The van der Waals surface area contributed by atoms with Gasteiger partial charge in [-0.05, 0) is 43.4 Å². The summed E-state index contributed by atoms with van der Waals surface area (Å²) in [7, 11) is 0. The molecule has 0 radical (unpaired) electrons. The molecule has 176 valence electrons. The van der Waals surface area contributed by atoms with Gasteiger partial charge >= 0.3 is 0 Å². The molecule has 0 aliphatic heterocycles. The number of benzene rings is 3. The van der Waals surface area contributed by atoms with Gasteiger partial charge in [0.2, 0.25) is 0 Å². The van der Waals surface area contributed by atoms with E-state index in [2.05, 4.69) is 115 Å². The van der Waals surface area contributed by atoms with E-state index in [0.717, 1.165) is 44.8 Å². The van der Waals surface area contributed by atoms with E-state index in [0.29, 0.717) is 0 Å². The Balaban J connectivity index is 1.61. The van der Waals surface area contributed by atoms with Gasteiger partial charge in [0.1, 0.15) is 5.82 Å². The third-order valence-corrected chi connectivity index (χ3v) is 6.55. The highest BCUT2D eigenvalue weighted by atomic mass is 15.2. The van der Waals surface area contributed by atoms with Crippen LogP contribution >= 0.6 is 0 Å². The Kier molecular flexibility index (Phi) is 8.32. The van der Waals surface area contributed by atoms with Gasteiger partial charge in [0.15, 0.2) is 0 Å². The van der Waals surface area contributed by atoms with Crippen molar-refractivity contribution in [3.8, 4) is 11.4 Å². The van der Waals surface area contributed by atoms with Crippen molar-refractivity contribution in [1.29, 1.82) is 0 Å². The summed E-state index contributed by atoms with van der Waals surface area (Å²) in [6.45, 7) is 10.5. The van der Waals surface area contributed by atoms with E-state index in [1.54, 1.807) is 0 Å². The van der Waals surface area contributed by atoms with Crippen molar-refractivity contribution in [1.82, 2.24) is 14.5 Å². The fraction of sp³-hybridized carbons (Fsp3) is 0.323. The number of aromatic nitrogens is 2. The molecule has 3 heteroatoms. The lowest BCUT2D eigenvalue weighted by molar-refractivity contribution is 0.252. The predicted octanol–water partition coefficient (Wildman–Crippen LogP) is 7.21. The van der Waals surface area contributed by atoms with Gasteiger partial charge in [0.25, 0.3) is 0 Å². The Morgan fingerprint density at radius 3 is 2.32 bits per heavy atom. The van der Waals surface area contributed by atoms with Gasteiger partial charge in [0.05, 0.1) is 11.9 Å². The van der Waals surface area contributed by atoms with Gasteiger partial charge in [-0.15, -0.1) is 0 Å². The minimum absolute atomic E-state index is 0.893. The SMILES string of the molecule is CCCCn1c(CN(CCc2ccccc2)Cc2cc(C)ccc2C)cnc1-c1ccccc1. The summed E-state index contributed by atoms with van der Waals surface area (Å²) in [5.41, 5.74) is 7.97. The number of hydrogen-bond acceptors (Lipinski definition) is 2. The molecule has 34 heavy (non-hydrogen) atoms. The maximum atomic E-state index is 4.89.